The first-order valence-corrected chi connectivity index (χ1v) is 6.85. The highest BCUT2D eigenvalue weighted by atomic mass is 16.5. The third-order valence-electron chi connectivity index (χ3n) is 4.20. The smallest absolute Gasteiger partial charge is 0.166 e. The lowest BCUT2D eigenvalue weighted by Crippen LogP contribution is -2.41. The molecule has 20 heavy (non-hydrogen) atoms. The molecule has 112 valence electrons. The van der Waals surface area contributed by atoms with E-state index in [1.54, 1.807) is 14.2 Å². The molecule has 0 amide bonds. The summed E-state index contributed by atoms with van der Waals surface area (Å²) in [5, 5.41) is 10.9. The van der Waals surface area contributed by atoms with Crippen molar-refractivity contribution in [2.75, 3.05) is 34.0 Å². The van der Waals surface area contributed by atoms with Crippen LogP contribution in [0.25, 0.3) is 0 Å². The zero-order valence-electron chi connectivity index (χ0n) is 12.1. The van der Waals surface area contributed by atoms with Crippen molar-refractivity contribution >= 4 is 0 Å². The van der Waals surface area contributed by atoms with Crippen LogP contribution in [0.5, 0.6) is 11.5 Å². The van der Waals surface area contributed by atoms with Gasteiger partial charge in [-0.1, -0.05) is 12.1 Å². The fourth-order valence-electron chi connectivity index (χ4n) is 2.82. The molecule has 1 aromatic rings. The standard InChI is InChI=1S/C15H23NO4/c1-18-12-5-3-4-11(13(12)19-2)14(17)15(10-16)6-8-20-9-7-15/h3-5,14,17H,6-10,16H2,1-2H3. The highest BCUT2D eigenvalue weighted by Gasteiger charge is 2.40. The Labute approximate surface area is 119 Å². The Morgan fingerprint density at radius 3 is 2.55 bits per heavy atom. The number of hydrogen-bond acceptors (Lipinski definition) is 5. The molecule has 1 aliphatic rings. The van der Waals surface area contributed by atoms with Gasteiger partial charge in [0.05, 0.1) is 20.3 Å². The van der Waals surface area contributed by atoms with E-state index < -0.39 is 6.10 Å². The lowest BCUT2D eigenvalue weighted by molar-refractivity contribution is -0.0589. The number of benzene rings is 1. The second kappa shape index (κ2) is 6.43. The van der Waals surface area contributed by atoms with Crippen LogP contribution in [-0.4, -0.2) is 39.1 Å². The maximum Gasteiger partial charge on any atom is 0.166 e. The summed E-state index contributed by atoms with van der Waals surface area (Å²) in [6.45, 7) is 1.67. The number of aliphatic hydroxyl groups is 1. The third-order valence-corrected chi connectivity index (χ3v) is 4.20. The van der Waals surface area contributed by atoms with E-state index >= 15 is 0 Å². The molecule has 2 rings (SSSR count). The van der Waals surface area contributed by atoms with E-state index in [9.17, 15) is 5.11 Å². The zero-order chi connectivity index (χ0) is 14.6. The molecule has 0 aliphatic carbocycles. The van der Waals surface area contributed by atoms with Crippen LogP contribution in [0, 0.1) is 5.41 Å². The molecule has 1 saturated heterocycles. The molecule has 5 nitrogen and oxygen atoms in total. The van der Waals surface area contributed by atoms with Gasteiger partial charge in [0.25, 0.3) is 0 Å². The Kier molecular flexibility index (Phi) is 4.86. The number of para-hydroxylation sites is 1. The van der Waals surface area contributed by atoms with Gasteiger partial charge in [-0.15, -0.1) is 0 Å². The molecule has 0 aromatic heterocycles. The summed E-state index contributed by atoms with van der Waals surface area (Å²) in [4.78, 5) is 0. The average molecular weight is 281 g/mol. The Morgan fingerprint density at radius 1 is 1.30 bits per heavy atom. The average Bonchev–Trinajstić information content (AvgIpc) is 2.53. The molecule has 0 bridgehead atoms. The molecule has 1 atom stereocenters. The number of rotatable bonds is 5. The Bertz CT molecular complexity index is 443. The maximum absolute atomic E-state index is 10.9. The van der Waals surface area contributed by atoms with Crippen molar-refractivity contribution in [1.29, 1.82) is 0 Å². The van der Waals surface area contributed by atoms with E-state index in [1.807, 2.05) is 18.2 Å². The normalized spacial score (nSPS) is 19.4. The van der Waals surface area contributed by atoms with Crippen LogP contribution in [0.4, 0.5) is 0 Å². The Balaban J connectivity index is 2.38. The van der Waals surface area contributed by atoms with Gasteiger partial charge < -0.3 is 25.1 Å². The first-order chi connectivity index (χ1) is 9.68. The molecule has 1 aromatic carbocycles. The molecule has 1 heterocycles. The lowest BCUT2D eigenvalue weighted by Gasteiger charge is -2.40. The van der Waals surface area contributed by atoms with Crippen molar-refractivity contribution in [2.24, 2.45) is 11.1 Å². The van der Waals surface area contributed by atoms with Gasteiger partial charge in [0.15, 0.2) is 11.5 Å². The van der Waals surface area contributed by atoms with Crippen LogP contribution in [0.1, 0.15) is 24.5 Å². The van der Waals surface area contributed by atoms with Gasteiger partial charge in [-0.05, 0) is 18.9 Å². The first kappa shape index (κ1) is 15.1. The van der Waals surface area contributed by atoms with Crippen molar-refractivity contribution in [3.63, 3.8) is 0 Å². The topological polar surface area (TPSA) is 73.9 Å². The second-order valence-electron chi connectivity index (χ2n) is 5.16. The van der Waals surface area contributed by atoms with Crippen LogP contribution >= 0.6 is 0 Å². The summed E-state index contributed by atoms with van der Waals surface area (Å²) in [7, 11) is 3.16. The summed E-state index contributed by atoms with van der Waals surface area (Å²) in [5.41, 5.74) is 6.31. The number of nitrogens with two attached hydrogens (primary N) is 1. The Hall–Kier alpha value is -1.30. The number of aliphatic hydroxyl groups excluding tert-OH is 1. The van der Waals surface area contributed by atoms with Crippen molar-refractivity contribution in [1.82, 2.24) is 0 Å². The molecule has 0 saturated carbocycles. The van der Waals surface area contributed by atoms with Crippen LogP contribution < -0.4 is 15.2 Å². The fourth-order valence-corrected chi connectivity index (χ4v) is 2.82. The summed E-state index contributed by atoms with van der Waals surface area (Å²) in [6, 6.07) is 5.52. The molecule has 1 fully saturated rings. The molecule has 5 heteroatoms. The van der Waals surface area contributed by atoms with Gasteiger partial charge in [-0.25, -0.2) is 0 Å². The molecular weight excluding hydrogens is 258 g/mol. The van der Waals surface area contributed by atoms with Gasteiger partial charge in [0.2, 0.25) is 0 Å². The van der Waals surface area contributed by atoms with Crippen LogP contribution in [0.2, 0.25) is 0 Å². The lowest BCUT2D eigenvalue weighted by atomic mass is 9.73. The third kappa shape index (κ3) is 2.61. The highest BCUT2D eigenvalue weighted by molar-refractivity contribution is 5.48. The largest absolute Gasteiger partial charge is 0.493 e. The van der Waals surface area contributed by atoms with Gasteiger partial charge >= 0.3 is 0 Å². The van der Waals surface area contributed by atoms with E-state index in [1.165, 1.54) is 0 Å². The van der Waals surface area contributed by atoms with Crippen molar-refractivity contribution in [3.8, 4) is 11.5 Å². The van der Waals surface area contributed by atoms with Crippen molar-refractivity contribution in [2.45, 2.75) is 18.9 Å². The minimum Gasteiger partial charge on any atom is -0.493 e. The van der Waals surface area contributed by atoms with Crippen LogP contribution in [-0.2, 0) is 4.74 Å². The van der Waals surface area contributed by atoms with E-state index in [0.29, 0.717) is 31.3 Å². The van der Waals surface area contributed by atoms with E-state index in [0.717, 1.165) is 18.4 Å². The molecule has 1 aliphatic heterocycles. The fraction of sp³-hybridized carbons (Fsp3) is 0.600. The number of hydrogen-bond donors (Lipinski definition) is 2. The maximum atomic E-state index is 10.9. The zero-order valence-corrected chi connectivity index (χ0v) is 12.1. The first-order valence-electron chi connectivity index (χ1n) is 6.85. The number of ether oxygens (including phenoxy) is 3. The molecule has 0 spiro atoms. The van der Waals surface area contributed by atoms with E-state index in [-0.39, 0.29) is 5.41 Å². The van der Waals surface area contributed by atoms with Crippen LogP contribution in [0.15, 0.2) is 18.2 Å². The predicted octanol–water partition coefficient (Wildman–Crippen LogP) is 1.49. The molecule has 3 N–H and O–H groups in total. The predicted molar refractivity (Wildman–Crippen MR) is 76.0 cm³/mol. The molecular formula is C15H23NO4. The molecule has 1 unspecified atom stereocenters. The van der Waals surface area contributed by atoms with Gasteiger partial charge in [-0.2, -0.15) is 0 Å². The van der Waals surface area contributed by atoms with Crippen molar-refractivity contribution < 1.29 is 19.3 Å². The van der Waals surface area contributed by atoms with Gasteiger partial charge in [-0.3, -0.25) is 0 Å². The van der Waals surface area contributed by atoms with E-state index in [2.05, 4.69) is 0 Å². The minimum absolute atomic E-state index is 0.363. The second-order valence-corrected chi connectivity index (χ2v) is 5.16. The minimum atomic E-state index is -0.693. The number of methoxy groups -OCH3 is 2. The monoisotopic (exact) mass is 281 g/mol. The molecule has 0 radical (unpaired) electrons. The quantitative estimate of drug-likeness (QED) is 0.855. The van der Waals surface area contributed by atoms with Gasteiger partial charge in [0.1, 0.15) is 0 Å². The Morgan fingerprint density at radius 2 is 2.00 bits per heavy atom. The summed E-state index contributed by atoms with van der Waals surface area (Å²) >= 11 is 0. The van der Waals surface area contributed by atoms with E-state index in [4.69, 9.17) is 19.9 Å². The van der Waals surface area contributed by atoms with Crippen LogP contribution in [0.3, 0.4) is 0 Å². The SMILES string of the molecule is COc1cccc(C(O)C2(CN)CCOCC2)c1OC. The summed E-state index contributed by atoms with van der Waals surface area (Å²) in [5.74, 6) is 1.19. The summed E-state index contributed by atoms with van der Waals surface area (Å²) in [6.07, 6.45) is 0.789. The van der Waals surface area contributed by atoms with Gasteiger partial charge in [0, 0.05) is 30.7 Å². The van der Waals surface area contributed by atoms with Crippen molar-refractivity contribution in [3.05, 3.63) is 23.8 Å². The highest BCUT2D eigenvalue weighted by Crippen LogP contribution is 2.46. The summed E-state index contributed by atoms with van der Waals surface area (Å²) < 4.78 is 16.1.